The lowest BCUT2D eigenvalue weighted by molar-refractivity contribution is 0.0968. The number of rotatable bonds is 1. The standard InChI is InChI=1S/C12H18N2O/c1-9-2-3-10(8-14-9)12(13)6-4-11(15)5-7-12/h2-3,8,11,15H,4-7,13H2,1H3. The first-order valence-corrected chi connectivity index (χ1v) is 5.50. The summed E-state index contributed by atoms with van der Waals surface area (Å²) in [5, 5.41) is 9.46. The highest BCUT2D eigenvalue weighted by Crippen LogP contribution is 2.34. The summed E-state index contributed by atoms with van der Waals surface area (Å²) < 4.78 is 0. The largest absolute Gasteiger partial charge is 0.393 e. The molecule has 1 heterocycles. The van der Waals surface area contributed by atoms with Crippen LogP contribution in [-0.2, 0) is 5.54 Å². The van der Waals surface area contributed by atoms with E-state index < -0.39 is 0 Å². The van der Waals surface area contributed by atoms with Crippen molar-refractivity contribution in [1.29, 1.82) is 0 Å². The third-order valence-electron chi connectivity index (χ3n) is 3.33. The fraction of sp³-hybridized carbons (Fsp3) is 0.583. The highest BCUT2D eigenvalue weighted by molar-refractivity contribution is 5.23. The summed E-state index contributed by atoms with van der Waals surface area (Å²) in [6, 6.07) is 4.05. The van der Waals surface area contributed by atoms with Crippen LogP contribution >= 0.6 is 0 Å². The molecule has 3 heteroatoms. The van der Waals surface area contributed by atoms with Gasteiger partial charge in [0, 0.05) is 17.4 Å². The quantitative estimate of drug-likeness (QED) is 0.731. The van der Waals surface area contributed by atoms with Crippen LogP contribution in [0.15, 0.2) is 18.3 Å². The highest BCUT2D eigenvalue weighted by Gasteiger charge is 2.32. The Morgan fingerprint density at radius 3 is 2.60 bits per heavy atom. The van der Waals surface area contributed by atoms with E-state index in [2.05, 4.69) is 11.1 Å². The maximum absolute atomic E-state index is 9.46. The van der Waals surface area contributed by atoms with Crippen molar-refractivity contribution in [3.05, 3.63) is 29.6 Å². The third-order valence-corrected chi connectivity index (χ3v) is 3.33. The minimum absolute atomic E-state index is 0.167. The van der Waals surface area contributed by atoms with Crippen molar-refractivity contribution in [3.63, 3.8) is 0 Å². The van der Waals surface area contributed by atoms with Gasteiger partial charge in [0.05, 0.1) is 6.10 Å². The first kappa shape index (κ1) is 10.6. The molecule has 2 rings (SSSR count). The average molecular weight is 206 g/mol. The van der Waals surface area contributed by atoms with Crippen molar-refractivity contribution >= 4 is 0 Å². The molecule has 0 radical (unpaired) electrons. The summed E-state index contributed by atoms with van der Waals surface area (Å²) in [4.78, 5) is 4.28. The Kier molecular flexibility index (Phi) is 2.76. The molecule has 1 aromatic heterocycles. The van der Waals surface area contributed by atoms with Crippen molar-refractivity contribution in [3.8, 4) is 0 Å². The molecule has 0 amide bonds. The predicted octanol–water partition coefficient (Wildman–Crippen LogP) is 1.48. The lowest BCUT2D eigenvalue weighted by Crippen LogP contribution is -2.41. The van der Waals surface area contributed by atoms with E-state index in [9.17, 15) is 5.11 Å². The van der Waals surface area contributed by atoms with Crippen molar-refractivity contribution in [1.82, 2.24) is 4.98 Å². The van der Waals surface area contributed by atoms with Gasteiger partial charge in [-0.2, -0.15) is 0 Å². The minimum Gasteiger partial charge on any atom is -0.393 e. The fourth-order valence-corrected chi connectivity index (χ4v) is 2.17. The van der Waals surface area contributed by atoms with Crippen LogP contribution in [-0.4, -0.2) is 16.2 Å². The lowest BCUT2D eigenvalue weighted by Gasteiger charge is -2.35. The number of pyridine rings is 1. The molecule has 0 atom stereocenters. The molecule has 1 saturated carbocycles. The van der Waals surface area contributed by atoms with E-state index in [1.165, 1.54) is 0 Å². The van der Waals surface area contributed by atoms with Gasteiger partial charge in [0.15, 0.2) is 0 Å². The number of hydrogen-bond donors (Lipinski definition) is 2. The summed E-state index contributed by atoms with van der Waals surface area (Å²) in [7, 11) is 0. The van der Waals surface area contributed by atoms with Crippen molar-refractivity contribution in [2.45, 2.75) is 44.2 Å². The van der Waals surface area contributed by atoms with Crippen LogP contribution in [0.5, 0.6) is 0 Å². The van der Waals surface area contributed by atoms with E-state index in [4.69, 9.17) is 5.73 Å². The van der Waals surface area contributed by atoms with E-state index in [0.29, 0.717) is 0 Å². The van der Waals surface area contributed by atoms with Crippen molar-refractivity contribution < 1.29 is 5.11 Å². The van der Waals surface area contributed by atoms with Crippen LogP contribution in [0.3, 0.4) is 0 Å². The van der Waals surface area contributed by atoms with Gasteiger partial charge in [-0.1, -0.05) is 6.07 Å². The Balaban J connectivity index is 2.18. The van der Waals surface area contributed by atoms with E-state index in [-0.39, 0.29) is 11.6 Å². The molecule has 0 aliphatic heterocycles. The molecule has 0 saturated heterocycles. The van der Waals surface area contributed by atoms with Gasteiger partial charge >= 0.3 is 0 Å². The molecule has 15 heavy (non-hydrogen) atoms. The normalized spacial score (nSPS) is 31.5. The Morgan fingerprint density at radius 1 is 1.40 bits per heavy atom. The van der Waals surface area contributed by atoms with Crippen LogP contribution in [0.4, 0.5) is 0 Å². The molecular formula is C12H18N2O. The molecule has 1 aliphatic rings. The van der Waals surface area contributed by atoms with Gasteiger partial charge in [-0.3, -0.25) is 4.98 Å². The summed E-state index contributed by atoms with van der Waals surface area (Å²) >= 11 is 0. The molecule has 1 aliphatic carbocycles. The molecule has 0 bridgehead atoms. The molecule has 0 spiro atoms. The van der Waals surface area contributed by atoms with Crippen molar-refractivity contribution in [2.24, 2.45) is 5.73 Å². The first-order chi connectivity index (χ1) is 7.10. The van der Waals surface area contributed by atoms with Crippen molar-refractivity contribution in [2.75, 3.05) is 0 Å². The van der Waals surface area contributed by atoms with Crippen LogP contribution in [0, 0.1) is 6.92 Å². The molecule has 82 valence electrons. The summed E-state index contributed by atoms with van der Waals surface area (Å²) in [5.41, 5.74) is 8.17. The summed E-state index contributed by atoms with van der Waals surface area (Å²) in [6.07, 6.45) is 4.99. The Hall–Kier alpha value is -0.930. The van der Waals surface area contributed by atoms with Crippen LogP contribution in [0.2, 0.25) is 0 Å². The topological polar surface area (TPSA) is 59.1 Å². The molecule has 1 fully saturated rings. The average Bonchev–Trinajstić information content (AvgIpc) is 2.24. The van der Waals surface area contributed by atoms with Crippen LogP contribution < -0.4 is 5.73 Å². The zero-order chi connectivity index (χ0) is 10.9. The van der Waals surface area contributed by atoms with Gasteiger partial charge in [0.1, 0.15) is 0 Å². The van der Waals surface area contributed by atoms with Gasteiger partial charge in [-0.15, -0.1) is 0 Å². The number of aliphatic hydroxyl groups excluding tert-OH is 1. The zero-order valence-electron chi connectivity index (χ0n) is 9.11. The summed E-state index contributed by atoms with van der Waals surface area (Å²) in [5.74, 6) is 0. The fourth-order valence-electron chi connectivity index (χ4n) is 2.17. The second-order valence-corrected chi connectivity index (χ2v) is 4.58. The Morgan fingerprint density at radius 2 is 2.07 bits per heavy atom. The zero-order valence-corrected chi connectivity index (χ0v) is 9.11. The maximum atomic E-state index is 9.46. The number of aliphatic hydroxyl groups is 1. The maximum Gasteiger partial charge on any atom is 0.0541 e. The number of aromatic nitrogens is 1. The Labute approximate surface area is 90.3 Å². The van der Waals surface area contributed by atoms with E-state index in [1.807, 2.05) is 19.2 Å². The predicted molar refractivity (Wildman–Crippen MR) is 59.3 cm³/mol. The molecule has 0 unspecified atom stereocenters. The molecule has 3 N–H and O–H groups in total. The van der Waals surface area contributed by atoms with Gasteiger partial charge in [-0.25, -0.2) is 0 Å². The second-order valence-electron chi connectivity index (χ2n) is 4.58. The number of nitrogens with zero attached hydrogens (tertiary/aromatic N) is 1. The molecule has 3 nitrogen and oxygen atoms in total. The van der Waals surface area contributed by atoms with Gasteiger partial charge in [-0.05, 0) is 44.2 Å². The van der Waals surface area contributed by atoms with Crippen LogP contribution in [0.25, 0.3) is 0 Å². The molecular weight excluding hydrogens is 188 g/mol. The number of nitrogens with two attached hydrogens (primary N) is 1. The third kappa shape index (κ3) is 2.19. The van der Waals surface area contributed by atoms with Gasteiger partial charge in [0.25, 0.3) is 0 Å². The highest BCUT2D eigenvalue weighted by atomic mass is 16.3. The van der Waals surface area contributed by atoms with E-state index >= 15 is 0 Å². The first-order valence-electron chi connectivity index (χ1n) is 5.50. The monoisotopic (exact) mass is 206 g/mol. The van der Waals surface area contributed by atoms with E-state index in [1.54, 1.807) is 0 Å². The van der Waals surface area contributed by atoms with Gasteiger partial charge < -0.3 is 10.8 Å². The second kappa shape index (κ2) is 3.91. The number of hydrogen-bond acceptors (Lipinski definition) is 3. The summed E-state index contributed by atoms with van der Waals surface area (Å²) in [6.45, 7) is 1.97. The smallest absolute Gasteiger partial charge is 0.0541 e. The van der Waals surface area contributed by atoms with Gasteiger partial charge in [0.2, 0.25) is 0 Å². The SMILES string of the molecule is Cc1ccc(C2(N)CCC(O)CC2)cn1. The van der Waals surface area contributed by atoms with Crippen LogP contribution in [0.1, 0.15) is 36.9 Å². The minimum atomic E-state index is -0.278. The Bertz CT molecular complexity index is 326. The molecule has 1 aromatic rings. The lowest BCUT2D eigenvalue weighted by atomic mass is 9.77. The molecule has 0 aromatic carbocycles. The number of aryl methyl sites for hydroxylation is 1. The van der Waals surface area contributed by atoms with E-state index in [0.717, 1.165) is 36.9 Å².